The van der Waals surface area contributed by atoms with Crippen LogP contribution in [-0.4, -0.2) is 9.97 Å². The lowest BCUT2D eigenvalue weighted by atomic mass is 10.1. The van der Waals surface area contributed by atoms with Gasteiger partial charge in [-0.2, -0.15) is 0 Å². The highest BCUT2D eigenvalue weighted by Crippen LogP contribution is 2.24. The van der Waals surface area contributed by atoms with Gasteiger partial charge in [-0.15, -0.1) is 0 Å². The van der Waals surface area contributed by atoms with Gasteiger partial charge < -0.3 is 11.1 Å². The fourth-order valence-electron chi connectivity index (χ4n) is 2.06. The van der Waals surface area contributed by atoms with Crippen molar-refractivity contribution < 1.29 is 0 Å². The Bertz CT molecular complexity index is 591. The van der Waals surface area contributed by atoms with Gasteiger partial charge in [-0.05, 0) is 25.5 Å². The summed E-state index contributed by atoms with van der Waals surface area (Å²) in [4.78, 5) is 9.02. The fourth-order valence-corrected chi connectivity index (χ4v) is 2.06. The summed E-state index contributed by atoms with van der Waals surface area (Å²) in [5.41, 5.74) is 9.04. The third-order valence-corrected chi connectivity index (χ3v) is 3.10. The topological polar surface area (TPSA) is 63.8 Å². The van der Waals surface area contributed by atoms with Crippen LogP contribution in [0.2, 0.25) is 0 Å². The molecule has 2 aromatic rings. The molecule has 0 radical (unpaired) electrons. The van der Waals surface area contributed by atoms with Crippen molar-refractivity contribution in [3.63, 3.8) is 0 Å². The Morgan fingerprint density at radius 1 is 1.10 bits per heavy atom. The van der Waals surface area contributed by atoms with Crippen LogP contribution in [0.1, 0.15) is 49.8 Å². The molecule has 4 heteroatoms. The molecule has 0 saturated carbocycles. The number of anilines is 2. The maximum atomic E-state index is 6.00. The molecule has 0 aliphatic rings. The van der Waals surface area contributed by atoms with E-state index in [1.807, 2.05) is 44.2 Å². The van der Waals surface area contributed by atoms with Gasteiger partial charge in [0, 0.05) is 29.4 Å². The number of nitrogens with zero attached hydrogens (tertiary/aromatic N) is 2. The summed E-state index contributed by atoms with van der Waals surface area (Å²) in [5, 5.41) is 3.36. The molecule has 1 aromatic heterocycles. The Morgan fingerprint density at radius 2 is 1.80 bits per heavy atom. The van der Waals surface area contributed by atoms with E-state index in [0.717, 1.165) is 28.6 Å². The molecule has 1 unspecified atom stereocenters. The third kappa shape index (κ3) is 3.33. The van der Waals surface area contributed by atoms with Gasteiger partial charge in [-0.25, -0.2) is 9.97 Å². The van der Waals surface area contributed by atoms with Crippen LogP contribution in [-0.2, 0) is 0 Å². The highest BCUT2D eigenvalue weighted by atomic mass is 15.0. The molecule has 0 spiro atoms. The Balaban J connectivity index is 2.35. The summed E-state index contributed by atoms with van der Waals surface area (Å²) >= 11 is 0. The molecule has 20 heavy (non-hydrogen) atoms. The third-order valence-electron chi connectivity index (χ3n) is 3.10. The van der Waals surface area contributed by atoms with E-state index < -0.39 is 0 Å². The second kappa shape index (κ2) is 6.01. The SMILES string of the molecule is Cc1cc(Nc2ccccc2C(C)N)nc(C(C)C)n1. The number of benzene rings is 1. The Labute approximate surface area is 120 Å². The monoisotopic (exact) mass is 270 g/mol. The first-order chi connectivity index (χ1) is 9.47. The zero-order valence-electron chi connectivity index (χ0n) is 12.5. The minimum Gasteiger partial charge on any atom is -0.340 e. The molecule has 0 fully saturated rings. The van der Waals surface area contributed by atoms with Gasteiger partial charge >= 0.3 is 0 Å². The summed E-state index contributed by atoms with van der Waals surface area (Å²) in [6.07, 6.45) is 0. The first-order valence-electron chi connectivity index (χ1n) is 6.94. The number of hydrogen-bond donors (Lipinski definition) is 2. The maximum Gasteiger partial charge on any atom is 0.134 e. The van der Waals surface area contributed by atoms with Crippen LogP contribution in [0, 0.1) is 6.92 Å². The lowest BCUT2D eigenvalue weighted by Crippen LogP contribution is -2.09. The van der Waals surface area contributed by atoms with Crippen LogP contribution < -0.4 is 11.1 Å². The fraction of sp³-hybridized carbons (Fsp3) is 0.375. The van der Waals surface area contributed by atoms with Crippen LogP contribution in [0.5, 0.6) is 0 Å². The van der Waals surface area contributed by atoms with E-state index in [2.05, 4.69) is 29.1 Å². The van der Waals surface area contributed by atoms with E-state index in [0.29, 0.717) is 5.92 Å². The van der Waals surface area contributed by atoms with Gasteiger partial charge in [-0.1, -0.05) is 32.0 Å². The van der Waals surface area contributed by atoms with Gasteiger partial charge in [0.25, 0.3) is 0 Å². The number of aryl methyl sites for hydroxylation is 1. The second-order valence-electron chi connectivity index (χ2n) is 5.41. The highest BCUT2D eigenvalue weighted by molar-refractivity contribution is 5.61. The molecule has 0 aliphatic carbocycles. The van der Waals surface area contributed by atoms with Gasteiger partial charge in [0.2, 0.25) is 0 Å². The zero-order chi connectivity index (χ0) is 14.7. The van der Waals surface area contributed by atoms with Crippen molar-refractivity contribution in [1.29, 1.82) is 0 Å². The van der Waals surface area contributed by atoms with Gasteiger partial charge in [0.15, 0.2) is 0 Å². The van der Waals surface area contributed by atoms with Crippen molar-refractivity contribution in [2.75, 3.05) is 5.32 Å². The number of rotatable bonds is 4. The molecule has 0 aliphatic heterocycles. The summed E-state index contributed by atoms with van der Waals surface area (Å²) in [6, 6.07) is 9.96. The standard InChI is InChI=1S/C16H22N4/c1-10(2)16-18-11(3)9-15(20-16)19-14-8-6-5-7-13(14)12(4)17/h5-10,12H,17H2,1-4H3,(H,18,19,20). The molecule has 1 atom stereocenters. The molecule has 2 rings (SSSR count). The summed E-state index contributed by atoms with van der Waals surface area (Å²) in [7, 11) is 0. The van der Waals surface area contributed by atoms with Crippen LogP contribution in [0.3, 0.4) is 0 Å². The van der Waals surface area contributed by atoms with E-state index in [4.69, 9.17) is 5.73 Å². The van der Waals surface area contributed by atoms with Crippen LogP contribution in [0.25, 0.3) is 0 Å². The van der Waals surface area contributed by atoms with E-state index in [1.165, 1.54) is 0 Å². The first-order valence-corrected chi connectivity index (χ1v) is 6.94. The summed E-state index contributed by atoms with van der Waals surface area (Å²) < 4.78 is 0. The quantitative estimate of drug-likeness (QED) is 0.889. The second-order valence-corrected chi connectivity index (χ2v) is 5.41. The number of aromatic nitrogens is 2. The van der Waals surface area contributed by atoms with Crippen molar-refractivity contribution in [2.24, 2.45) is 5.73 Å². The van der Waals surface area contributed by atoms with Crippen molar-refractivity contribution in [3.05, 3.63) is 47.4 Å². The number of para-hydroxylation sites is 1. The summed E-state index contributed by atoms with van der Waals surface area (Å²) in [5.74, 6) is 1.97. The summed E-state index contributed by atoms with van der Waals surface area (Å²) in [6.45, 7) is 8.14. The molecule has 106 valence electrons. The van der Waals surface area contributed by atoms with Gasteiger partial charge in [0.05, 0.1) is 0 Å². The molecular weight excluding hydrogens is 248 g/mol. The predicted octanol–water partition coefficient (Wildman–Crippen LogP) is 3.67. The molecule has 0 bridgehead atoms. The lowest BCUT2D eigenvalue weighted by molar-refractivity contribution is 0.768. The normalized spacial score (nSPS) is 12.5. The molecular formula is C16H22N4. The average Bonchev–Trinajstić information content (AvgIpc) is 2.38. The Hall–Kier alpha value is -1.94. The van der Waals surface area contributed by atoms with Crippen molar-refractivity contribution >= 4 is 11.5 Å². The average molecular weight is 270 g/mol. The molecule has 1 aromatic carbocycles. The maximum absolute atomic E-state index is 6.00. The Morgan fingerprint density at radius 3 is 2.45 bits per heavy atom. The smallest absolute Gasteiger partial charge is 0.134 e. The van der Waals surface area contributed by atoms with E-state index in [-0.39, 0.29) is 6.04 Å². The van der Waals surface area contributed by atoms with Crippen molar-refractivity contribution in [3.8, 4) is 0 Å². The van der Waals surface area contributed by atoms with Crippen molar-refractivity contribution in [1.82, 2.24) is 9.97 Å². The first kappa shape index (κ1) is 14.5. The molecule has 3 N–H and O–H groups in total. The van der Waals surface area contributed by atoms with Crippen LogP contribution in [0.15, 0.2) is 30.3 Å². The molecule has 4 nitrogen and oxygen atoms in total. The van der Waals surface area contributed by atoms with Crippen LogP contribution >= 0.6 is 0 Å². The molecule has 0 amide bonds. The highest BCUT2D eigenvalue weighted by Gasteiger charge is 2.09. The van der Waals surface area contributed by atoms with Crippen molar-refractivity contribution in [2.45, 2.75) is 39.7 Å². The number of nitrogens with one attached hydrogen (secondary N) is 1. The predicted molar refractivity (Wildman–Crippen MR) is 83.2 cm³/mol. The van der Waals surface area contributed by atoms with Gasteiger partial charge in [-0.3, -0.25) is 0 Å². The van der Waals surface area contributed by atoms with E-state index in [1.54, 1.807) is 0 Å². The van der Waals surface area contributed by atoms with E-state index in [9.17, 15) is 0 Å². The minimum absolute atomic E-state index is 0.0220. The number of hydrogen-bond acceptors (Lipinski definition) is 4. The minimum atomic E-state index is -0.0220. The molecule has 0 saturated heterocycles. The Kier molecular flexibility index (Phi) is 4.35. The lowest BCUT2D eigenvalue weighted by Gasteiger charge is -2.15. The number of nitrogens with two attached hydrogens (primary N) is 1. The van der Waals surface area contributed by atoms with Crippen LogP contribution in [0.4, 0.5) is 11.5 Å². The zero-order valence-corrected chi connectivity index (χ0v) is 12.5. The largest absolute Gasteiger partial charge is 0.340 e. The van der Waals surface area contributed by atoms with Gasteiger partial charge in [0.1, 0.15) is 11.6 Å². The van der Waals surface area contributed by atoms with E-state index >= 15 is 0 Å². The molecule has 1 heterocycles.